The fourth-order valence-electron chi connectivity index (χ4n) is 2.42. The number of benzene rings is 2. The van der Waals surface area contributed by atoms with Crippen LogP contribution in [0.1, 0.15) is 12.5 Å². The van der Waals surface area contributed by atoms with E-state index in [0.717, 1.165) is 12.1 Å². The average Bonchev–Trinajstić information content (AvgIpc) is 2.52. The van der Waals surface area contributed by atoms with Crippen molar-refractivity contribution in [1.29, 1.82) is 0 Å². The maximum absolute atomic E-state index is 12.2. The number of halogens is 1. The van der Waals surface area contributed by atoms with Gasteiger partial charge in [-0.25, -0.2) is 4.98 Å². The summed E-state index contributed by atoms with van der Waals surface area (Å²) in [4.78, 5) is 21.6. The van der Waals surface area contributed by atoms with Crippen LogP contribution in [0.5, 0.6) is 0 Å². The number of fused-ring (bicyclic) bond motifs is 1. The van der Waals surface area contributed by atoms with Gasteiger partial charge in [0.15, 0.2) is 0 Å². The number of hydrogen-bond acceptors (Lipinski definition) is 3. The number of rotatable bonds is 4. The van der Waals surface area contributed by atoms with E-state index in [4.69, 9.17) is 11.6 Å². The number of para-hydroxylation sites is 1. The molecule has 1 aromatic heterocycles. The standard InChI is InChI=1S/C17H16ClN3O/c1-2-21(11-12-6-5-7-13(18)10-12)17-19-15-9-4-3-8-14(15)16(22)20-17/h3-10H,2,11H2,1H3,(H,19,20,22). The molecule has 22 heavy (non-hydrogen) atoms. The molecule has 3 rings (SSSR count). The summed E-state index contributed by atoms with van der Waals surface area (Å²) < 4.78 is 0. The Balaban J connectivity index is 1.98. The molecule has 0 bridgehead atoms. The maximum Gasteiger partial charge on any atom is 0.260 e. The maximum atomic E-state index is 12.2. The first-order chi connectivity index (χ1) is 10.7. The van der Waals surface area contributed by atoms with Gasteiger partial charge in [-0.1, -0.05) is 35.9 Å². The zero-order chi connectivity index (χ0) is 15.5. The fourth-order valence-corrected chi connectivity index (χ4v) is 2.63. The minimum atomic E-state index is -0.120. The minimum Gasteiger partial charge on any atom is -0.338 e. The van der Waals surface area contributed by atoms with Crippen LogP contribution in [0.15, 0.2) is 53.3 Å². The molecule has 0 atom stereocenters. The van der Waals surface area contributed by atoms with E-state index >= 15 is 0 Å². The van der Waals surface area contributed by atoms with Crippen molar-refractivity contribution in [2.24, 2.45) is 0 Å². The topological polar surface area (TPSA) is 49.0 Å². The van der Waals surface area contributed by atoms with Crippen LogP contribution in [0.4, 0.5) is 5.95 Å². The van der Waals surface area contributed by atoms with E-state index in [2.05, 4.69) is 9.97 Å². The van der Waals surface area contributed by atoms with Gasteiger partial charge in [0.2, 0.25) is 5.95 Å². The van der Waals surface area contributed by atoms with Crippen molar-refractivity contribution in [3.05, 3.63) is 69.5 Å². The van der Waals surface area contributed by atoms with Crippen molar-refractivity contribution in [3.63, 3.8) is 0 Å². The first kappa shape index (κ1) is 14.6. The third kappa shape index (κ3) is 2.97. The summed E-state index contributed by atoms with van der Waals surface area (Å²) in [5.41, 5.74) is 1.65. The number of nitrogens with zero attached hydrogens (tertiary/aromatic N) is 2. The molecule has 0 aliphatic carbocycles. The summed E-state index contributed by atoms with van der Waals surface area (Å²) in [6.07, 6.45) is 0. The summed E-state index contributed by atoms with van der Waals surface area (Å²) >= 11 is 6.03. The van der Waals surface area contributed by atoms with E-state index in [1.807, 2.05) is 54.3 Å². The largest absolute Gasteiger partial charge is 0.338 e. The molecule has 0 aliphatic rings. The molecule has 0 amide bonds. The number of H-pyrrole nitrogens is 1. The van der Waals surface area contributed by atoms with Gasteiger partial charge in [0.25, 0.3) is 5.56 Å². The third-order valence-electron chi connectivity index (χ3n) is 3.54. The zero-order valence-electron chi connectivity index (χ0n) is 12.2. The van der Waals surface area contributed by atoms with Crippen LogP contribution in [0, 0.1) is 0 Å². The van der Waals surface area contributed by atoms with Crippen molar-refractivity contribution in [2.75, 3.05) is 11.4 Å². The van der Waals surface area contributed by atoms with Gasteiger partial charge in [-0.3, -0.25) is 9.78 Å². The van der Waals surface area contributed by atoms with Gasteiger partial charge in [-0.15, -0.1) is 0 Å². The lowest BCUT2D eigenvalue weighted by atomic mass is 10.2. The molecular formula is C17H16ClN3O. The van der Waals surface area contributed by atoms with Gasteiger partial charge in [-0.05, 0) is 36.8 Å². The molecule has 0 spiro atoms. The molecule has 1 N–H and O–H groups in total. The van der Waals surface area contributed by atoms with E-state index in [1.54, 1.807) is 6.07 Å². The highest BCUT2D eigenvalue weighted by Gasteiger charge is 2.10. The highest BCUT2D eigenvalue weighted by atomic mass is 35.5. The predicted molar refractivity (Wildman–Crippen MR) is 90.5 cm³/mol. The van der Waals surface area contributed by atoms with Crippen molar-refractivity contribution < 1.29 is 0 Å². The molecule has 4 nitrogen and oxygen atoms in total. The average molecular weight is 314 g/mol. The first-order valence-corrected chi connectivity index (χ1v) is 7.53. The molecule has 0 saturated carbocycles. The Morgan fingerprint density at radius 1 is 1.18 bits per heavy atom. The van der Waals surface area contributed by atoms with E-state index in [1.165, 1.54) is 0 Å². The van der Waals surface area contributed by atoms with Crippen molar-refractivity contribution in [2.45, 2.75) is 13.5 Å². The van der Waals surface area contributed by atoms with E-state index in [0.29, 0.717) is 28.4 Å². The van der Waals surface area contributed by atoms with Gasteiger partial charge in [0.1, 0.15) is 0 Å². The molecule has 3 aromatic rings. The number of aromatic amines is 1. The molecule has 5 heteroatoms. The van der Waals surface area contributed by atoms with Crippen LogP contribution in [-0.2, 0) is 6.54 Å². The summed E-state index contributed by atoms with van der Waals surface area (Å²) in [6, 6.07) is 15.0. The Kier molecular flexibility index (Phi) is 4.11. The quantitative estimate of drug-likeness (QED) is 0.800. The van der Waals surface area contributed by atoms with Gasteiger partial charge >= 0.3 is 0 Å². The summed E-state index contributed by atoms with van der Waals surface area (Å²) in [5.74, 6) is 0.575. The summed E-state index contributed by atoms with van der Waals surface area (Å²) in [7, 11) is 0. The monoisotopic (exact) mass is 313 g/mol. The molecule has 0 radical (unpaired) electrons. The highest BCUT2D eigenvalue weighted by Crippen LogP contribution is 2.16. The molecule has 0 saturated heterocycles. The SMILES string of the molecule is CCN(Cc1cccc(Cl)c1)c1nc2ccccc2c(=O)[nH]1. The number of hydrogen-bond donors (Lipinski definition) is 1. The van der Waals surface area contributed by atoms with Crippen LogP contribution < -0.4 is 10.5 Å². The molecule has 0 unspecified atom stereocenters. The third-order valence-corrected chi connectivity index (χ3v) is 3.78. The van der Waals surface area contributed by atoms with Crippen molar-refractivity contribution >= 4 is 28.5 Å². The Hall–Kier alpha value is -2.33. The van der Waals surface area contributed by atoms with Crippen LogP contribution in [0.2, 0.25) is 5.02 Å². The van der Waals surface area contributed by atoms with E-state index in [-0.39, 0.29) is 5.56 Å². The highest BCUT2D eigenvalue weighted by molar-refractivity contribution is 6.30. The number of nitrogens with one attached hydrogen (secondary N) is 1. The molecular weight excluding hydrogens is 298 g/mol. The summed E-state index contributed by atoms with van der Waals surface area (Å²) in [5, 5.41) is 1.30. The Labute approximate surface area is 133 Å². The number of aromatic nitrogens is 2. The van der Waals surface area contributed by atoms with Crippen LogP contribution >= 0.6 is 11.6 Å². The smallest absolute Gasteiger partial charge is 0.260 e. The second kappa shape index (κ2) is 6.20. The lowest BCUT2D eigenvalue weighted by Crippen LogP contribution is -2.26. The second-order valence-electron chi connectivity index (χ2n) is 5.05. The second-order valence-corrected chi connectivity index (χ2v) is 5.49. The minimum absolute atomic E-state index is 0.120. The fraction of sp³-hybridized carbons (Fsp3) is 0.176. The lowest BCUT2D eigenvalue weighted by molar-refractivity contribution is 0.793. The van der Waals surface area contributed by atoms with Crippen LogP contribution in [0.25, 0.3) is 10.9 Å². The Morgan fingerprint density at radius 2 is 2.00 bits per heavy atom. The van der Waals surface area contributed by atoms with E-state index in [9.17, 15) is 4.79 Å². The normalized spacial score (nSPS) is 10.8. The van der Waals surface area contributed by atoms with Crippen LogP contribution in [-0.4, -0.2) is 16.5 Å². The molecule has 0 aliphatic heterocycles. The van der Waals surface area contributed by atoms with Gasteiger partial charge in [0.05, 0.1) is 10.9 Å². The Morgan fingerprint density at radius 3 is 2.77 bits per heavy atom. The molecule has 112 valence electrons. The molecule has 0 fully saturated rings. The lowest BCUT2D eigenvalue weighted by Gasteiger charge is -2.21. The number of anilines is 1. The van der Waals surface area contributed by atoms with Crippen LogP contribution in [0.3, 0.4) is 0 Å². The van der Waals surface area contributed by atoms with Gasteiger partial charge in [0, 0.05) is 18.1 Å². The first-order valence-electron chi connectivity index (χ1n) is 7.16. The summed E-state index contributed by atoms with van der Waals surface area (Å²) in [6.45, 7) is 3.39. The van der Waals surface area contributed by atoms with Crippen molar-refractivity contribution in [3.8, 4) is 0 Å². The van der Waals surface area contributed by atoms with Gasteiger partial charge < -0.3 is 4.90 Å². The molecule has 1 heterocycles. The zero-order valence-corrected chi connectivity index (χ0v) is 13.0. The van der Waals surface area contributed by atoms with Crippen molar-refractivity contribution in [1.82, 2.24) is 9.97 Å². The van der Waals surface area contributed by atoms with E-state index < -0.39 is 0 Å². The predicted octanol–water partition coefficient (Wildman–Crippen LogP) is 3.60. The Bertz CT molecular complexity index is 860. The molecule has 2 aromatic carbocycles. The van der Waals surface area contributed by atoms with Gasteiger partial charge in [-0.2, -0.15) is 0 Å².